The number of amides is 1. The van der Waals surface area contributed by atoms with Crippen LogP contribution in [0.15, 0.2) is 24.3 Å². The van der Waals surface area contributed by atoms with Crippen LogP contribution in [-0.4, -0.2) is 38.0 Å². The van der Waals surface area contributed by atoms with Crippen LogP contribution in [0.3, 0.4) is 0 Å². The number of aromatic nitrogens is 4. The van der Waals surface area contributed by atoms with E-state index >= 15 is 0 Å². The Labute approximate surface area is 160 Å². The third-order valence-electron chi connectivity index (χ3n) is 5.09. The SMILES string of the molecule is Cc1nnc(-c2ccc3nnc(NC(=O)[C@H]4CC[C@H](CO)CC4)cc3c2)s1. The molecule has 8 heteroatoms. The van der Waals surface area contributed by atoms with Crippen molar-refractivity contribution in [1.82, 2.24) is 20.4 Å². The summed E-state index contributed by atoms with van der Waals surface area (Å²) in [5.74, 6) is 0.747. The molecule has 0 unspecified atom stereocenters. The number of carbonyl (C=O) groups is 1. The summed E-state index contributed by atoms with van der Waals surface area (Å²) >= 11 is 1.54. The third-order valence-corrected chi connectivity index (χ3v) is 5.97. The zero-order chi connectivity index (χ0) is 18.8. The van der Waals surface area contributed by atoms with Crippen LogP contribution in [0, 0.1) is 18.8 Å². The van der Waals surface area contributed by atoms with E-state index in [9.17, 15) is 9.90 Å². The molecule has 0 bridgehead atoms. The highest BCUT2D eigenvalue weighted by atomic mass is 32.1. The normalized spacial score (nSPS) is 19.9. The van der Waals surface area contributed by atoms with Crippen molar-refractivity contribution in [3.05, 3.63) is 29.3 Å². The molecule has 2 aromatic heterocycles. The molecule has 0 spiro atoms. The molecule has 3 aromatic rings. The number of fused-ring (bicyclic) bond motifs is 1. The molecule has 2 heterocycles. The minimum absolute atomic E-state index is 0.0176. The zero-order valence-electron chi connectivity index (χ0n) is 15.1. The first-order chi connectivity index (χ1) is 13.1. The molecule has 140 valence electrons. The Morgan fingerprint density at radius 1 is 1.15 bits per heavy atom. The van der Waals surface area contributed by atoms with Crippen LogP contribution >= 0.6 is 11.3 Å². The lowest BCUT2D eigenvalue weighted by atomic mass is 9.82. The number of nitrogens with zero attached hydrogens (tertiary/aromatic N) is 4. The maximum Gasteiger partial charge on any atom is 0.228 e. The van der Waals surface area contributed by atoms with Crippen molar-refractivity contribution >= 4 is 34.0 Å². The van der Waals surface area contributed by atoms with Gasteiger partial charge in [-0.3, -0.25) is 4.79 Å². The highest BCUT2D eigenvalue weighted by Crippen LogP contribution is 2.30. The van der Waals surface area contributed by atoms with Gasteiger partial charge < -0.3 is 10.4 Å². The number of nitrogens with one attached hydrogen (secondary N) is 1. The third kappa shape index (κ3) is 3.96. The van der Waals surface area contributed by atoms with Crippen LogP contribution in [0.4, 0.5) is 5.82 Å². The summed E-state index contributed by atoms with van der Waals surface area (Å²) in [6, 6.07) is 7.69. The first-order valence-corrected chi connectivity index (χ1v) is 9.93. The molecule has 2 N–H and O–H groups in total. The number of aryl methyl sites for hydroxylation is 1. The Kier molecular flexibility index (Phi) is 5.09. The lowest BCUT2D eigenvalue weighted by molar-refractivity contribution is -0.121. The van der Waals surface area contributed by atoms with E-state index in [-0.39, 0.29) is 18.4 Å². The number of rotatable bonds is 4. The van der Waals surface area contributed by atoms with Gasteiger partial charge >= 0.3 is 0 Å². The number of hydrogen-bond acceptors (Lipinski definition) is 7. The van der Waals surface area contributed by atoms with Crippen molar-refractivity contribution in [3.8, 4) is 10.6 Å². The van der Waals surface area contributed by atoms with Crippen molar-refractivity contribution in [2.24, 2.45) is 11.8 Å². The Bertz CT molecular complexity index is 966. The Hall–Kier alpha value is -2.45. The molecule has 7 nitrogen and oxygen atoms in total. The van der Waals surface area contributed by atoms with Crippen molar-refractivity contribution < 1.29 is 9.90 Å². The Morgan fingerprint density at radius 3 is 2.67 bits per heavy atom. The van der Waals surface area contributed by atoms with Gasteiger partial charge in [0.1, 0.15) is 10.0 Å². The van der Waals surface area contributed by atoms with Gasteiger partial charge in [-0.15, -0.1) is 20.4 Å². The summed E-state index contributed by atoms with van der Waals surface area (Å²) in [6.07, 6.45) is 3.39. The van der Waals surface area contributed by atoms with E-state index in [1.807, 2.05) is 31.2 Å². The lowest BCUT2D eigenvalue weighted by Crippen LogP contribution is -2.28. The van der Waals surface area contributed by atoms with E-state index in [2.05, 4.69) is 25.7 Å². The van der Waals surface area contributed by atoms with Crippen molar-refractivity contribution in [2.45, 2.75) is 32.6 Å². The van der Waals surface area contributed by atoms with E-state index in [0.717, 1.165) is 52.2 Å². The molecule has 0 saturated heterocycles. The molecule has 0 aliphatic heterocycles. The summed E-state index contributed by atoms with van der Waals surface area (Å²) in [5, 5.41) is 31.4. The maximum atomic E-state index is 12.5. The van der Waals surface area contributed by atoms with Gasteiger partial charge in [-0.25, -0.2) is 0 Å². The highest BCUT2D eigenvalue weighted by Gasteiger charge is 2.26. The molecule has 27 heavy (non-hydrogen) atoms. The summed E-state index contributed by atoms with van der Waals surface area (Å²) in [4.78, 5) is 12.5. The minimum Gasteiger partial charge on any atom is -0.396 e. The fourth-order valence-electron chi connectivity index (χ4n) is 3.49. The van der Waals surface area contributed by atoms with Crippen LogP contribution in [0.25, 0.3) is 21.5 Å². The van der Waals surface area contributed by atoms with Crippen molar-refractivity contribution in [1.29, 1.82) is 0 Å². The van der Waals surface area contributed by atoms with Crippen LogP contribution in [0.1, 0.15) is 30.7 Å². The molecule has 0 radical (unpaired) electrons. The number of hydrogen-bond donors (Lipinski definition) is 2. The minimum atomic E-state index is -0.0269. The highest BCUT2D eigenvalue weighted by molar-refractivity contribution is 7.14. The largest absolute Gasteiger partial charge is 0.396 e. The van der Waals surface area contributed by atoms with E-state index in [4.69, 9.17) is 0 Å². The number of anilines is 1. The predicted molar refractivity (Wildman–Crippen MR) is 104 cm³/mol. The quantitative estimate of drug-likeness (QED) is 0.717. The van der Waals surface area contributed by atoms with E-state index in [1.165, 1.54) is 11.3 Å². The molecule has 0 atom stereocenters. The van der Waals surface area contributed by atoms with Gasteiger partial charge in [0.15, 0.2) is 5.82 Å². The summed E-state index contributed by atoms with van der Waals surface area (Å²) < 4.78 is 0. The van der Waals surface area contributed by atoms with Gasteiger partial charge in [-0.05, 0) is 62.8 Å². The maximum absolute atomic E-state index is 12.5. The summed E-state index contributed by atoms with van der Waals surface area (Å²) in [7, 11) is 0. The first-order valence-electron chi connectivity index (χ1n) is 9.12. The number of benzene rings is 1. The molecule has 1 aliphatic carbocycles. The molecule has 4 rings (SSSR count). The van der Waals surface area contributed by atoms with Gasteiger partial charge in [0.25, 0.3) is 0 Å². The fraction of sp³-hybridized carbons (Fsp3) is 0.421. The molecule has 1 aromatic carbocycles. The Morgan fingerprint density at radius 2 is 1.96 bits per heavy atom. The number of aliphatic hydroxyl groups excluding tert-OH is 1. The topological polar surface area (TPSA) is 101 Å². The summed E-state index contributed by atoms with van der Waals surface area (Å²) in [6.45, 7) is 2.14. The lowest BCUT2D eigenvalue weighted by Gasteiger charge is -2.26. The molecule has 1 amide bonds. The van der Waals surface area contributed by atoms with Crippen molar-refractivity contribution in [3.63, 3.8) is 0 Å². The molecule has 1 fully saturated rings. The second kappa shape index (κ2) is 7.66. The predicted octanol–water partition coefficient (Wildman–Crippen LogP) is 3.19. The second-order valence-electron chi connectivity index (χ2n) is 7.02. The van der Waals surface area contributed by atoms with Gasteiger partial charge in [-0.2, -0.15) is 0 Å². The average molecular weight is 383 g/mol. The standard InChI is InChI=1S/C19H21N5O2S/c1-11-21-24-19(27-11)14-6-7-16-15(8-14)9-17(23-22-16)20-18(26)13-4-2-12(10-25)3-5-13/h6-9,12-13,25H,2-5,10H2,1H3,(H,20,23,26)/t12-,13-. The molecular weight excluding hydrogens is 362 g/mol. The van der Waals surface area contributed by atoms with Crippen LogP contribution in [0.5, 0.6) is 0 Å². The monoisotopic (exact) mass is 383 g/mol. The molecule has 1 aliphatic rings. The van der Waals surface area contributed by atoms with Gasteiger partial charge in [-0.1, -0.05) is 11.3 Å². The fourth-order valence-corrected chi connectivity index (χ4v) is 4.18. The molecule has 1 saturated carbocycles. The molecular formula is C19H21N5O2S. The van der Waals surface area contributed by atoms with Crippen LogP contribution in [-0.2, 0) is 4.79 Å². The van der Waals surface area contributed by atoms with E-state index in [1.54, 1.807) is 0 Å². The number of carbonyl (C=O) groups excluding carboxylic acids is 1. The van der Waals surface area contributed by atoms with Gasteiger partial charge in [0.2, 0.25) is 5.91 Å². The van der Waals surface area contributed by atoms with Gasteiger partial charge in [0.05, 0.1) is 5.52 Å². The van der Waals surface area contributed by atoms with Crippen LogP contribution < -0.4 is 5.32 Å². The summed E-state index contributed by atoms with van der Waals surface area (Å²) in [5.41, 5.74) is 1.74. The smallest absolute Gasteiger partial charge is 0.228 e. The zero-order valence-corrected chi connectivity index (χ0v) is 15.9. The van der Waals surface area contributed by atoms with E-state index < -0.39 is 0 Å². The number of aliphatic hydroxyl groups is 1. The van der Waals surface area contributed by atoms with Crippen LogP contribution in [0.2, 0.25) is 0 Å². The average Bonchev–Trinajstić information content (AvgIpc) is 3.14. The Balaban J connectivity index is 1.51. The van der Waals surface area contributed by atoms with E-state index in [0.29, 0.717) is 11.7 Å². The van der Waals surface area contributed by atoms with Crippen molar-refractivity contribution in [2.75, 3.05) is 11.9 Å². The second-order valence-corrected chi connectivity index (χ2v) is 8.20. The first kappa shape index (κ1) is 17.9. The van der Waals surface area contributed by atoms with Gasteiger partial charge in [0, 0.05) is 23.5 Å².